The molecule has 98 valence electrons. The third-order valence-electron chi connectivity index (χ3n) is 3.80. The van der Waals surface area contributed by atoms with Crippen LogP contribution in [0.4, 0.5) is 5.82 Å². The third-order valence-corrected chi connectivity index (χ3v) is 4.47. The first-order valence-corrected chi connectivity index (χ1v) is 7.52. The van der Waals surface area contributed by atoms with Crippen molar-refractivity contribution in [3.05, 3.63) is 21.9 Å². The summed E-state index contributed by atoms with van der Waals surface area (Å²) in [4.78, 5) is 9.46. The van der Waals surface area contributed by atoms with Crippen molar-refractivity contribution in [2.75, 3.05) is 37.7 Å². The fourth-order valence-electron chi connectivity index (χ4n) is 2.64. The highest BCUT2D eigenvalue weighted by Gasteiger charge is 2.32. The number of anilines is 1. The zero-order valence-corrected chi connectivity index (χ0v) is 12.7. The van der Waals surface area contributed by atoms with Crippen molar-refractivity contribution in [3.8, 4) is 0 Å². The number of ether oxygens (including phenoxy) is 1. The number of piperazine rings is 1. The normalized spacial score (nSPS) is 26.1. The van der Waals surface area contributed by atoms with Crippen LogP contribution in [-0.4, -0.2) is 54.8 Å². The van der Waals surface area contributed by atoms with Gasteiger partial charge in [-0.25, -0.2) is 4.98 Å². The molecule has 5 heteroatoms. The van der Waals surface area contributed by atoms with E-state index in [1.807, 2.05) is 12.3 Å². The highest BCUT2D eigenvalue weighted by Crippen LogP contribution is 2.22. The van der Waals surface area contributed by atoms with Crippen molar-refractivity contribution in [3.63, 3.8) is 0 Å². The summed E-state index contributed by atoms with van der Waals surface area (Å²) >= 11 is 2.34. The molecule has 0 spiro atoms. The molecule has 0 amide bonds. The van der Waals surface area contributed by atoms with Crippen molar-refractivity contribution in [2.45, 2.75) is 19.0 Å². The average molecular weight is 359 g/mol. The van der Waals surface area contributed by atoms with Gasteiger partial charge in [-0.05, 0) is 41.6 Å². The fourth-order valence-corrected chi connectivity index (χ4v) is 3.08. The predicted molar refractivity (Wildman–Crippen MR) is 79.9 cm³/mol. The highest BCUT2D eigenvalue weighted by molar-refractivity contribution is 14.1. The van der Waals surface area contributed by atoms with Gasteiger partial charge in [-0.1, -0.05) is 0 Å². The minimum absolute atomic E-state index is 0.519. The van der Waals surface area contributed by atoms with Crippen LogP contribution >= 0.6 is 22.6 Å². The smallest absolute Gasteiger partial charge is 0.129 e. The molecular formula is C13H18IN3O. The first kappa shape index (κ1) is 12.6. The molecule has 0 saturated carbocycles. The van der Waals surface area contributed by atoms with Gasteiger partial charge < -0.3 is 9.64 Å². The molecule has 0 radical (unpaired) electrons. The molecule has 0 aromatic carbocycles. The second-order valence-corrected chi connectivity index (χ2v) is 6.31. The van der Waals surface area contributed by atoms with E-state index >= 15 is 0 Å². The second-order valence-electron chi connectivity index (χ2n) is 5.06. The molecule has 2 aliphatic heterocycles. The molecule has 0 N–H and O–H groups in total. The van der Waals surface area contributed by atoms with E-state index in [0.717, 1.165) is 38.7 Å². The van der Waals surface area contributed by atoms with E-state index < -0.39 is 0 Å². The fraction of sp³-hybridized carbons (Fsp3) is 0.615. The van der Waals surface area contributed by atoms with Gasteiger partial charge in [-0.15, -0.1) is 0 Å². The van der Waals surface area contributed by atoms with E-state index in [0.29, 0.717) is 12.1 Å². The van der Waals surface area contributed by atoms with Crippen molar-refractivity contribution < 1.29 is 4.74 Å². The van der Waals surface area contributed by atoms with E-state index in [9.17, 15) is 0 Å². The number of aromatic nitrogens is 1. The SMILES string of the molecule is CC1CN(C2COC2)CCN1c1cc(I)ccn1. The first-order valence-electron chi connectivity index (χ1n) is 6.44. The second kappa shape index (κ2) is 5.30. The van der Waals surface area contributed by atoms with Gasteiger partial charge in [0, 0.05) is 35.4 Å². The van der Waals surface area contributed by atoms with Gasteiger partial charge in [-0.3, -0.25) is 4.90 Å². The van der Waals surface area contributed by atoms with Gasteiger partial charge in [-0.2, -0.15) is 0 Å². The van der Waals surface area contributed by atoms with E-state index in [2.05, 4.69) is 50.4 Å². The molecule has 1 aromatic rings. The van der Waals surface area contributed by atoms with Crippen molar-refractivity contribution in [1.82, 2.24) is 9.88 Å². The molecule has 2 saturated heterocycles. The van der Waals surface area contributed by atoms with Crippen LogP contribution in [0.2, 0.25) is 0 Å². The molecule has 2 aliphatic rings. The van der Waals surface area contributed by atoms with Crippen LogP contribution in [0.1, 0.15) is 6.92 Å². The minimum Gasteiger partial charge on any atom is -0.378 e. The largest absolute Gasteiger partial charge is 0.378 e. The van der Waals surface area contributed by atoms with E-state index in [-0.39, 0.29) is 0 Å². The van der Waals surface area contributed by atoms with E-state index in [1.54, 1.807) is 0 Å². The molecule has 0 bridgehead atoms. The van der Waals surface area contributed by atoms with Crippen LogP contribution in [-0.2, 0) is 4.74 Å². The molecule has 1 atom stereocenters. The Morgan fingerprint density at radius 1 is 1.39 bits per heavy atom. The monoisotopic (exact) mass is 359 g/mol. The Kier molecular flexibility index (Phi) is 3.72. The number of hydrogen-bond acceptors (Lipinski definition) is 4. The van der Waals surface area contributed by atoms with Gasteiger partial charge in [0.1, 0.15) is 5.82 Å². The van der Waals surface area contributed by atoms with Crippen LogP contribution < -0.4 is 4.90 Å². The molecular weight excluding hydrogens is 341 g/mol. The zero-order valence-electron chi connectivity index (χ0n) is 10.6. The molecule has 18 heavy (non-hydrogen) atoms. The maximum absolute atomic E-state index is 5.28. The lowest BCUT2D eigenvalue weighted by Crippen LogP contribution is -2.59. The van der Waals surface area contributed by atoms with Crippen LogP contribution in [0.3, 0.4) is 0 Å². The Morgan fingerprint density at radius 3 is 2.83 bits per heavy atom. The molecule has 1 aromatic heterocycles. The summed E-state index contributed by atoms with van der Waals surface area (Å²) in [5, 5.41) is 0. The highest BCUT2D eigenvalue weighted by atomic mass is 127. The Bertz CT molecular complexity index is 424. The molecule has 0 aliphatic carbocycles. The van der Waals surface area contributed by atoms with Crippen molar-refractivity contribution in [2.24, 2.45) is 0 Å². The van der Waals surface area contributed by atoms with Crippen LogP contribution in [0, 0.1) is 3.57 Å². The summed E-state index contributed by atoms with van der Waals surface area (Å²) in [5.74, 6) is 1.11. The van der Waals surface area contributed by atoms with Crippen molar-refractivity contribution >= 4 is 28.4 Å². The first-order chi connectivity index (χ1) is 8.74. The topological polar surface area (TPSA) is 28.6 Å². The summed E-state index contributed by atoms with van der Waals surface area (Å²) in [5.41, 5.74) is 0. The zero-order chi connectivity index (χ0) is 12.5. The maximum Gasteiger partial charge on any atom is 0.129 e. The van der Waals surface area contributed by atoms with E-state index in [1.165, 1.54) is 3.57 Å². The minimum atomic E-state index is 0.519. The molecule has 1 unspecified atom stereocenters. The quantitative estimate of drug-likeness (QED) is 0.750. The Morgan fingerprint density at radius 2 is 2.22 bits per heavy atom. The summed E-state index contributed by atoms with van der Waals surface area (Å²) in [6.07, 6.45) is 1.90. The van der Waals surface area contributed by atoms with Gasteiger partial charge in [0.05, 0.1) is 19.3 Å². The number of rotatable bonds is 2. The maximum atomic E-state index is 5.28. The van der Waals surface area contributed by atoms with E-state index in [4.69, 9.17) is 4.74 Å². The Hall–Kier alpha value is -0.400. The molecule has 2 fully saturated rings. The number of nitrogens with zero attached hydrogens (tertiary/aromatic N) is 3. The molecule has 3 rings (SSSR count). The lowest BCUT2D eigenvalue weighted by Gasteiger charge is -2.46. The Labute approximate surface area is 121 Å². The van der Waals surface area contributed by atoms with Crippen LogP contribution in [0.25, 0.3) is 0 Å². The van der Waals surface area contributed by atoms with Crippen molar-refractivity contribution in [1.29, 1.82) is 0 Å². The van der Waals surface area contributed by atoms with Gasteiger partial charge in [0.25, 0.3) is 0 Å². The summed E-state index contributed by atoms with van der Waals surface area (Å²) in [7, 11) is 0. The Balaban J connectivity index is 1.68. The van der Waals surface area contributed by atoms with Gasteiger partial charge in [0.15, 0.2) is 0 Å². The lowest BCUT2D eigenvalue weighted by molar-refractivity contribution is -0.0692. The average Bonchev–Trinajstić information content (AvgIpc) is 2.26. The lowest BCUT2D eigenvalue weighted by atomic mass is 10.1. The molecule has 4 nitrogen and oxygen atoms in total. The van der Waals surface area contributed by atoms with Crippen LogP contribution in [0.5, 0.6) is 0 Å². The summed E-state index contributed by atoms with van der Waals surface area (Å²) in [6, 6.07) is 5.37. The standard InChI is InChI=1S/C13H18IN3O/c1-10-7-16(12-8-18-9-12)4-5-17(10)13-6-11(14)2-3-15-13/h2-3,6,10,12H,4-5,7-9H2,1H3. The van der Waals surface area contributed by atoms with Crippen LogP contribution in [0.15, 0.2) is 18.3 Å². The molecule has 3 heterocycles. The van der Waals surface area contributed by atoms with Gasteiger partial charge in [0.2, 0.25) is 0 Å². The number of pyridine rings is 1. The number of hydrogen-bond donors (Lipinski definition) is 0. The summed E-state index contributed by atoms with van der Waals surface area (Å²) < 4.78 is 6.53. The number of halogens is 1. The van der Waals surface area contributed by atoms with Gasteiger partial charge >= 0.3 is 0 Å². The summed E-state index contributed by atoms with van der Waals surface area (Å²) in [6.45, 7) is 7.40. The predicted octanol–water partition coefficient (Wildman–Crippen LogP) is 1.60. The third kappa shape index (κ3) is 2.48.